The molecule has 1 heterocycles. The maximum absolute atomic E-state index is 11.6. The first-order chi connectivity index (χ1) is 7.69. The molecule has 1 fully saturated rings. The molecule has 1 saturated heterocycles. The average molecular weight is 225 g/mol. The van der Waals surface area contributed by atoms with Crippen LogP contribution in [0.1, 0.15) is 13.3 Å². The van der Waals surface area contributed by atoms with E-state index in [-0.39, 0.29) is 31.4 Å². The summed E-state index contributed by atoms with van der Waals surface area (Å²) < 4.78 is 0. The number of nitrogens with zero attached hydrogens (tertiary/aromatic N) is 5. The Morgan fingerprint density at radius 2 is 1.81 bits per heavy atom. The van der Waals surface area contributed by atoms with Crippen molar-refractivity contribution < 1.29 is 9.59 Å². The highest BCUT2D eigenvalue weighted by atomic mass is 16.2. The van der Waals surface area contributed by atoms with Gasteiger partial charge in [-0.05, 0) is 12.0 Å². The average Bonchev–Trinajstić information content (AvgIpc) is 2.25. The Morgan fingerprint density at radius 1 is 1.25 bits per heavy atom. The van der Waals surface area contributed by atoms with Crippen LogP contribution in [-0.2, 0) is 9.59 Å². The fourth-order valence-electron chi connectivity index (χ4n) is 1.59. The molecule has 0 bridgehead atoms. The smallest absolute Gasteiger partial charge is 0.242 e. The van der Waals surface area contributed by atoms with Gasteiger partial charge in [0.1, 0.15) is 0 Å². The fraction of sp³-hybridized carbons (Fsp3) is 0.778. The van der Waals surface area contributed by atoms with Crippen LogP contribution in [0.25, 0.3) is 10.4 Å². The second kappa shape index (κ2) is 5.97. The van der Waals surface area contributed by atoms with Crippen LogP contribution in [-0.4, -0.2) is 54.3 Å². The molecule has 0 spiro atoms. The summed E-state index contributed by atoms with van der Waals surface area (Å²) in [7, 11) is 0. The molecule has 2 amide bonds. The molecule has 7 heteroatoms. The normalized spacial score (nSPS) is 16.3. The Kier molecular flexibility index (Phi) is 4.60. The van der Waals surface area contributed by atoms with Crippen LogP contribution >= 0.6 is 0 Å². The predicted octanol–water partition coefficient (Wildman–Crippen LogP) is 0.377. The predicted molar refractivity (Wildman–Crippen MR) is 57.5 cm³/mol. The van der Waals surface area contributed by atoms with Gasteiger partial charge in [0.25, 0.3) is 0 Å². The summed E-state index contributed by atoms with van der Waals surface area (Å²) in [5.74, 6) is -0.122. The SMILES string of the molecule is CCCN1CC(=O)N(CCN=[N+]=[N-])CC1=O. The van der Waals surface area contributed by atoms with E-state index < -0.39 is 0 Å². The van der Waals surface area contributed by atoms with Crippen LogP contribution in [0.3, 0.4) is 0 Å². The van der Waals surface area contributed by atoms with E-state index >= 15 is 0 Å². The number of hydrogen-bond acceptors (Lipinski definition) is 3. The van der Waals surface area contributed by atoms with Crippen LogP contribution in [0.15, 0.2) is 5.11 Å². The monoisotopic (exact) mass is 225 g/mol. The second-order valence-corrected chi connectivity index (χ2v) is 3.59. The first-order valence-corrected chi connectivity index (χ1v) is 5.25. The first-order valence-electron chi connectivity index (χ1n) is 5.25. The molecule has 0 atom stereocenters. The number of carbonyl (C=O) groups excluding carboxylic acids is 2. The van der Waals surface area contributed by atoms with Gasteiger partial charge in [-0.3, -0.25) is 9.59 Å². The Hall–Kier alpha value is -1.75. The summed E-state index contributed by atoms with van der Waals surface area (Å²) >= 11 is 0. The molecule has 0 radical (unpaired) electrons. The van der Waals surface area contributed by atoms with E-state index in [9.17, 15) is 9.59 Å². The van der Waals surface area contributed by atoms with E-state index in [1.54, 1.807) is 4.90 Å². The Morgan fingerprint density at radius 3 is 2.31 bits per heavy atom. The lowest BCUT2D eigenvalue weighted by atomic mass is 10.2. The zero-order chi connectivity index (χ0) is 12.0. The minimum Gasteiger partial charge on any atom is -0.332 e. The maximum Gasteiger partial charge on any atom is 0.242 e. The lowest BCUT2D eigenvalue weighted by molar-refractivity contribution is -0.149. The van der Waals surface area contributed by atoms with Gasteiger partial charge in [0.15, 0.2) is 0 Å². The van der Waals surface area contributed by atoms with Crippen molar-refractivity contribution in [1.29, 1.82) is 0 Å². The van der Waals surface area contributed by atoms with Crippen molar-refractivity contribution >= 4 is 11.8 Å². The highest BCUT2D eigenvalue weighted by molar-refractivity contribution is 5.92. The van der Waals surface area contributed by atoms with Crippen molar-refractivity contribution in [3.05, 3.63) is 10.4 Å². The zero-order valence-corrected chi connectivity index (χ0v) is 9.30. The molecule has 7 nitrogen and oxygen atoms in total. The van der Waals surface area contributed by atoms with E-state index in [0.29, 0.717) is 13.1 Å². The summed E-state index contributed by atoms with van der Waals surface area (Å²) in [6.45, 7) is 3.35. The summed E-state index contributed by atoms with van der Waals surface area (Å²) in [5.41, 5.74) is 8.11. The number of rotatable bonds is 5. The first kappa shape index (κ1) is 12.3. The molecule has 88 valence electrons. The summed E-state index contributed by atoms with van der Waals surface area (Å²) in [4.78, 5) is 28.8. The molecule has 0 aliphatic carbocycles. The standard InChI is InChI=1S/C9H15N5O2/c1-2-4-13-6-9(16)14(7-8(13)15)5-3-11-12-10/h2-7H2,1H3. The van der Waals surface area contributed by atoms with Crippen LogP contribution in [0.5, 0.6) is 0 Å². The molecule has 0 aromatic carbocycles. The summed E-state index contributed by atoms with van der Waals surface area (Å²) in [6, 6.07) is 0. The number of azide groups is 1. The van der Waals surface area contributed by atoms with E-state index in [2.05, 4.69) is 10.0 Å². The van der Waals surface area contributed by atoms with Gasteiger partial charge in [-0.15, -0.1) is 0 Å². The topological polar surface area (TPSA) is 89.4 Å². The molecule has 0 aromatic rings. The largest absolute Gasteiger partial charge is 0.332 e. The third-order valence-corrected chi connectivity index (χ3v) is 2.38. The minimum absolute atomic E-state index is 0.0395. The molecule has 0 N–H and O–H groups in total. The van der Waals surface area contributed by atoms with Gasteiger partial charge in [-0.25, -0.2) is 0 Å². The number of hydrogen-bond donors (Lipinski definition) is 0. The van der Waals surface area contributed by atoms with Crippen LogP contribution in [0.2, 0.25) is 0 Å². The summed E-state index contributed by atoms with van der Waals surface area (Å²) in [5, 5.41) is 3.34. The van der Waals surface area contributed by atoms with E-state index in [1.807, 2.05) is 6.92 Å². The highest BCUT2D eigenvalue weighted by Crippen LogP contribution is 2.05. The molecule has 0 unspecified atom stereocenters. The van der Waals surface area contributed by atoms with E-state index in [0.717, 1.165) is 6.42 Å². The molecule has 16 heavy (non-hydrogen) atoms. The number of piperazine rings is 1. The fourth-order valence-corrected chi connectivity index (χ4v) is 1.59. The molecular weight excluding hydrogens is 210 g/mol. The van der Waals surface area contributed by atoms with E-state index in [1.165, 1.54) is 4.90 Å². The van der Waals surface area contributed by atoms with Crippen molar-refractivity contribution in [2.45, 2.75) is 13.3 Å². The van der Waals surface area contributed by atoms with Gasteiger partial charge >= 0.3 is 0 Å². The van der Waals surface area contributed by atoms with E-state index in [4.69, 9.17) is 5.53 Å². The Bertz CT molecular complexity index is 324. The van der Waals surface area contributed by atoms with Gasteiger partial charge in [-0.2, -0.15) is 0 Å². The highest BCUT2D eigenvalue weighted by Gasteiger charge is 2.28. The van der Waals surface area contributed by atoms with Gasteiger partial charge in [0.05, 0.1) is 13.1 Å². The quantitative estimate of drug-likeness (QED) is 0.384. The molecule has 1 aliphatic heterocycles. The second-order valence-electron chi connectivity index (χ2n) is 3.59. The van der Waals surface area contributed by atoms with Crippen LogP contribution < -0.4 is 0 Å². The summed E-state index contributed by atoms with van der Waals surface area (Å²) in [6.07, 6.45) is 0.845. The van der Waals surface area contributed by atoms with Crippen molar-refractivity contribution in [3.8, 4) is 0 Å². The Labute approximate surface area is 93.6 Å². The molecule has 0 aromatic heterocycles. The van der Waals surface area contributed by atoms with Crippen molar-refractivity contribution in [2.75, 3.05) is 32.7 Å². The maximum atomic E-state index is 11.6. The molecule has 0 saturated carbocycles. The molecule has 1 rings (SSSR count). The van der Waals surface area contributed by atoms with Gasteiger partial charge in [-0.1, -0.05) is 12.0 Å². The van der Waals surface area contributed by atoms with Crippen molar-refractivity contribution in [3.63, 3.8) is 0 Å². The number of amides is 2. The Balaban J connectivity index is 2.49. The van der Waals surface area contributed by atoms with Crippen molar-refractivity contribution in [1.82, 2.24) is 9.80 Å². The van der Waals surface area contributed by atoms with Crippen LogP contribution in [0, 0.1) is 0 Å². The third-order valence-electron chi connectivity index (χ3n) is 2.38. The minimum atomic E-state index is -0.0822. The lowest BCUT2D eigenvalue weighted by Crippen LogP contribution is -2.54. The lowest BCUT2D eigenvalue weighted by Gasteiger charge is -2.33. The van der Waals surface area contributed by atoms with Gasteiger partial charge < -0.3 is 9.80 Å². The molecule has 1 aliphatic rings. The van der Waals surface area contributed by atoms with Gasteiger partial charge in [0.2, 0.25) is 11.8 Å². The van der Waals surface area contributed by atoms with Crippen molar-refractivity contribution in [2.24, 2.45) is 5.11 Å². The third kappa shape index (κ3) is 3.13. The molecular formula is C9H15N5O2. The number of carbonyl (C=O) groups is 2. The van der Waals surface area contributed by atoms with Gasteiger partial charge in [0, 0.05) is 24.5 Å². The van der Waals surface area contributed by atoms with Crippen LogP contribution in [0.4, 0.5) is 0 Å². The zero-order valence-electron chi connectivity index (χ0n) is 9.30.